The fraction of sp³-hybridized carbons (Fsp3) is 0.529. The molecule has 1 aromatic rings. The predicted octanol–water partition coefficient (Wildman–Crippen LogP) is 3.35. The summed E-state index contributed by atoms with van der Waals surface area (Å²) < 4.78 is 25.8. The third kappa shape index (κ3) is 3.06. The molecule has 1 N–H and O–H groups in total. The Kier molecular flexibility index (Phi) is 4.59. The first-order valence-corrected chi connectivity index (χ1v) is 8.95. The van der Waals surface area contributed by atoms with Crippen LogP contribution in [0.3, 0.4) is 0 Å². The summed E-state index contributed by atoms with van der Waals surface area (Å²) in [6.45, 7) is 5.79. The first kappa shape index (κ1) is 16.2. The molecule has 0 spiro atoms. The lowest BCUT2D eigenvalue weighted by Gasteiger charge is -2.38. The third-order valence-corrected chi connectivity index (χ3v) is 6.54. The molecule has 1 atom stereocenters. The van der Waals surface area contributed by atoms with Gasteiger partial charge in [-0.3, -0.25) is 0 Å². The summed E-state index contributed by atoms with van der Waals surface area (Å²) in [5, 5.41) is 8.97. The van der Waals surface area contributed by atoms with Crippen LogP contribution in [0.15, 0.2) is 46.4 Å². The average molecular weight is 308 g/mol. The highest BCUT2D eigenvalue weighted by molar-refractivity contribution is 7.92. The second-order valence-corrected chi connectivity index (χ2v) is 8.59. The number of rotatable bonds is 4. The summed E-state index contributed by atoms with van der Waals surface area (Å²) in [5.74, 6) is 0. The van der Waals surface area contributed by atoms with Gasteiger partial charge in [0, 0.05) is 0 Å². The van der Waals surface area contributed by atoms with Gasteiger partial charge in [-0.2, -0.15) is 0 Å². The smallest absolute Gasteiger partial charge is 0.187 e. The summed E-state index contributed by atoms with van der Waals surface area (Å²) in [7, 11) is -3.56. The summed E-state index contributed by atoms with van der Waals surface area (Å²) in [6.07, 6.45) is 2.95. The van der Waals surface area contributed by atoms with Gasteiger partial charge in [-0.1, -0.05) is 37.6 Å². The highest BCUT2D eigenvalue weighted by atomic mass is 32.2. The lowest BCUT2D eigenvalue weighted by Crippen LogP contribution is -2.36. The number of benzene rings is 1. The summed E-state index contributed by atoms with van der Waals surface area (Å²) in [5.41, 5.74) is 1.84. The fourth-order valence-electron chi connectivity index (χ4n) is 3.47. The lowest BCUT2D eigenvalue weighted by molar-refractivity contribution is 0.272. The maximum Gasteiger partial charge on any atom is 0.187 e. The van der Waals surface area contributed by atoms with Gasteiger partial charge in [0.05, 0.1) is 11.5 Å². The Hall–Kier alpha value is -1.13. The molecule has 0 fully saturated rings. The number of hydrogen-bond donors (Lipinski definition) is 1. The molecule has 1 aliphatic carbocycles. The molecule has 4 heteroatoms. The number of sulfone groups is 1. The topological polar surface area (TPSA) is 54.4 Å². The molecule has 0 saturated carbocycles. The van der Waals surface area contributed by atoms with Gasteiger partial charge in [-0.25, -0.2) is 8.42 Å². The number of allylic oxidation sites excluding steroid dienone is 1. The van der Waals surface area contributed by atoms with Crippen LogP contribution in [-0.4, -0.2) is 25.4 Å². The van der Waals surface area contributed by atoms with Gasteiger partial charge < -0.3 is 5.11 Å². The van der Waals surface area contributed by atoms with E-state index in [4.69, 9.17) is 0 Å². The minimum atomic E-state index is -3.56. The first-order valence-electron chi connectivity index (χ1n) is 7.40. The van der Waals surface area contributed by atoms with Crippen LogP contribution < -0.4 is 0 Å². The monoisotopic (exact) mass is 308 g/mol. The highest BCUT2D eigenvalue weighted by Gasteiger charge is 2.40. The molecular weight excluding hydrogens is 284 g/mol. The van der Waals surface area contributed by atoms with E-state index in [2.05, 4.69) is 13.8 Å². The lowest BCUT2D eigenvalue weighted by atomic mass is 9.71. The Balaban J connectivity index is 2.54. The quantitative estimate of drug-likeness (QED) is 0.868. The Bertz CT molecular complexity index is 627. The minimum absolute atomic E-state index is 0.183. The van der Waals surface area contributed by atoms with Crippen molar-refractivity contribution in [2.75, 3.05) is 6.61 Å². The van der Waals surface area contributed by atoms with Gasteiger partial charge in [0.2, 0.25) is 0 Å². The SMILES string of the molecule is CC1=C(C(CO)S(=O)(=O)c2ccccc2)C(C)(C)CCC1. The molecule has 0 aromatic heterocycles. The molecule has 0 saturated heterocycles. The third-order valence-electron chi connectivity index (χ3n) is 4.48. The first-order chi connectivity index (χ1) is 9.80. The van der Waals surface area contributed by atoms with E-state index in [1.165, 1.54) is 0 Å². The van der Waals surface area contributed by atoms with Gasteiger partial charge in [-0.05, 0) is 49.3 Å². The van der Waals surface area contributed by atoms with Crippen LogP contribution in [0.1, 0.15) is 40.0 Å². The summed E-state index contributed by atoms with van der Waals surface area (Å²) in [4.78, 5) is 0.283. The Morgan fingerprint density at radius 1 is 1.24 bits per heavy atom. The normalized spacial score (nSPS) is 20.4. The molecule has 3 nitrogen and oxygen atoms in total. The van der Waals surface area contributed by atoms with E-state index < -0.39 is 15.1 Å². The molecular formula is C17H24O3S. The van der Waals surface area contributed by atoms with E-state index in [1.807, 2.05) is 6.92 Å². The number of hydrogen-bond acceptors (Lipinski definition) is 3. The van der Waals surface area contributed by atoms with Crippen LogP contribution in [0.4, 0.5) is 0 Å². The molecule has 116 valence electrons. The standard InChI is InChI=1S/C17H24O3S/c1-13-8-7-11-17(2,3)16(13)15(12-18)21(19,20)14-9-5-4-6-10-14/h4-6,9-10,15,18H,7-8,11-12H2,1-3H3. The zero-order valence-electron chi connectivity index (χ0n) is 13.0. The number of aliphatic hydroxyl groups is 1. The van der Waals surface area contributed by atoms with Crippen molar-refractivity contribution >= 4 is 9.84 Å². The van der Waals surface area contributed by atoms with Crippen molar-refractivity contribution in [1.82, 2.24) is 0 Å². The van der Waals surface area contributed by atoms with Crippen molar-refractivity contribution in [2.45, 2.75) is 50.2 Å². The van der Waals surface area contributed by atoms with Gasteiger partial charge >= 0.3 is 0 Å². The van der Waals surface area contributed by atoms with Crippen LogP contribution in [0.5, 0.6) is 0 Å². The number of aliphatic hydroxyl groups excluding tert-OH is 1. The van der Waals surface area contributed by atoms with Crippen LogP contribution in [0.25, 0.3) is 0 Å². The largest absolute Gasteiger partial charge is 0.395 e. The van der Waals surface area contributed by atoms with Gasteiger partial charge in [0.15, 0.2) is 9.84 Å². The van der Waals surface area contributed by atoms with Crippen molar-refractivity contribution < 1.29 is 13.5 Å². The van der Waals surface area contributed by atoms with Crippen molar-refractivity contribution in [3.8, 4) is 0 Å². The molecule has 0 radical (unpaired) electrons. The van der Waals surface area contributed by atoms with E-state index in [1.54, 1.807) is 30.3 Å². The zero-order chi connectivity index (χ0) is 15.7. The van der Waals surface area contributed by atoms with E-state index in [0.29, 0.717) is 0 Å². The van der Waals surface area contributed by atoms with Crippen LogP contribution in [0, 0.1) is 5.41 Å². The van der Waals surface area contributed by atoms with Crippen molar-refractivity contribution in [3.63, 3.8) is 0 Å². The van der Waals surface area contributed by atoms with Crippen LogP contribution in [-0.2, 0) is 9.84 Å². The Morgan fingerprint density at radius 2 is 1.86 bits per heavy atom. The van der Waals surface area contributed by atoms with Crippen molar-refractivity contribution in [3.05, 3.63) is 41.5 Å². The van der Waals surface area contributed by atoms with Crippen LogP contribution >= 0.6 is 0 Å². The Labute approximate surface area is 127 Å². The maximum absolute atomic E-state index is 12.9. The zero-order valence-corrected chi connectivity index (χ0v) is 13.8. The van der Waals surface area contributed by atoms with E-state index >= 15 is 0 Å². The molecule has 0 heterocycles. The van der Waals surface area contributed by atoms with Crippen molar-refractivity contribution in [1.29, 1.82) is 0 Å². The minimum Gasteiger partial charge on any atom is -0.395 e. The Morgan fingerprint density at radius 3 is 2.38 bits per heavy atom. The predicted molar refractivity (Wildman–Crippen MR) is 84.8 cm³/mol. The summed E-state index contributed by atoms with van der Waals surface area (Å²) >= 11 is 0. The fourth-order valence-corrected chi connectivity index (χ4v) is 5.36. The average Bonchev–Trinajstić information content (AvgIpc) is 2.43. The van der Waals surface area contributed by atoms with Gasteiger partial charge in [0.25, 0.3) is 0 Å². The van der Waals surface area contributed by atoms with E-state index in [-0.39, 0.29) is 16.9 Å². The summed E-state index contributed by atoms with van der Waals surface area (Å²) in [6, 6.07) is 8.43. The maximum atomic E-state index is 12.9. The molecule has 1 aliphatic rings. The van der Waals surface area contributed by atoms with Gasteiger partial charge in [-0.15, -0.1) is 0 Å². The van der Waals surface area contributed by atoms with Gasteiger partial charge in [0.1, 0.15) is 5.25 Å². The molecule has 21 heavy (non-hydrogen) atoms. The van der Waals surface area contributed by atoms with Crippen LogP contribution in [0.2, 0.25) is 0 Å². The molecule has 2 rings (SSSR count). The van der Waals surface area contributed by atoms with E-state index in [0.717, 1.165) is 30.4 Å². The second-order valence-electron chi connectivity index (χ2n) is 6.46. The van der Waals surface area contributed by atoms with Crippen molar-refractivity contribution in [2.24, 2.45) is 5.41 Å². The second kappa shape index (κ2) is 5.93. The molecule has 0 aliphatic heterocycles. The van der Waals surface area contributed by atoms with E-state index in [9.17, 15) is 13.5 Å². The highest BCUT2D eigenvalue weighted by Crippen LogP contribution is 2.44. The molecule has 0 amide bonds. The molecule has 1 aromatic carbocycles. The molecule has 1 unspecified atom stereocenters. The molecule has 0 bridgehead atoms.